The number of hydrogen-bond donors (Lipinski definition) is 1. The second kappa shape index (κ2) is 7.39. The molecule has 1 fully saturated rings. The predicted octanol–water partition coefficient (Wildman–Crippen LogP) is 1.62. The van der Waals surface area contributed by atoms with E-state index in [0.717, 1.165) is 10.3 Å². The topological polar surface area (TPSA) is 101 Å². The monoisotopic (exact) mass is 350 g/mol. The lowest BCUT2D eigenvalue weighted by molar-refractivity contribution is -0.129. The van der Waals surface area contributed by atoms with Crippen LogP contribution >= 0.6 is 0 Å². The Labute approximate surface area is 140 Å². The van der Waals surface area contributed by atoms with Crippen molar-refractivity contribution in [2.75, 3.05) is 16.0 Å². The lowest BCUT2D eigenvalue weighted by Crippen LogP contribution is -2.40. The molecule has 8 heteroatoms. The molecule has 0 saturated carbocycles. The summed E-state index contributed by atoms with van der Waals surface area (Å²) in [7, 11) is -3.44. The number of piperidine rings is 1. The van der Waals surface area contributed by atoms with Crippen molar-refractivity contribution < 1.29 is 22.8 Å². The highest BCUT2D eigenvalue weighted by Gasteiger charge is 2.27. The highest BCUT2D eigenvalue weighted by Crippen LogP contribution is 2.24. The zero-order valence-corrected chi connectivity index (χ0v) is 13.8. The molecule has 128 valence electrons. The van der Waals surface area contributed by atoms with Crippen LogP contribution in [0.25, 0.3) is 0 Å². The first-order chi connectivity index (χ1) is 11.3. The number of imide groups is 1. The van der Waals surface area contributed by atoms with Crippen LogP contribution in [0.1, 0.15) is 25.7 Å². The largest absolute Gasteiger partial charge is 0.326 e. The van der Waals surface area contributed by atoms with Gasteiger partial charge < -0.3 is 5.32 Å². The van der Waals surface area contributed by atoms with Crippen LogP contribution in [0.3, 0.4) is 0 Å². The molecule has 0 aromatic heterocycles. The Kier molecular flexibility index (Phi) is 5.50. The van der Waals surface area contributed by atoms with Crippen molar-refractivity contribution in [2.45, 2.75) is 25.7 Å². The Morgan fingerprint density at radius 1 is 1.25 bits per heavy atom. The Morgan fingerprint density at radius 3 is 2.54 bits per heavy atom. The number of nitrogens with zero attached hydrogens (tertiary/aromatic N) is 1. The summed E-state index contributed by atoms with van der Waals surface area (Å²) < 4.78 is 22.6. The standard InChI is InChI=1S/C16H18N2O5S/c1-2-24(22,23)10-9-14(19)17-12-5-3-6-13(11-12)18-15(20)7-4-8-16(18)21/h2-3,5-6,11H,1,4,7-10H2,(H,17,19). The van der Waals surface area contributed by atoms with Gasteiger partial charge in [0.2, 0.25) is 17.7 Å². The summed E-state index contributed by atoms with van der Waals surface area (Å²) in [6.07, 6.45) is 0.950. The van der Waals surface area contributed by atoms with Gasteiger partial charge in [-0.2, -0.15) is 0 Å². The van der Waals surface area contributed by atoms with Gasteiger partial charge in [-0.15, -0.1) is 0 Å². The van der Waals surface area contributed by atoms with E-state index in [2.05, 4.69) is 11.9 Å². The maximum absolute atomic E-state index is 11.9. The third kappa shape index (κ3) is 4.51. The van der Waals surface area contributed by atoms with Crippen LogP contribution < -0.4 is 10.2 Å². The van der Waals surface area contributed by atoms with Gasteiger partial charge in [0.15, 0.2) is 9.84 Å². The fourth-order valence-electron chi connectivity index (χ4n) is 2.31. The molecular weight excluding hydrogens is 332 g/mol. The average Bonchev–Trinajstić information content (AvgIpc) is 2.53. The minimum absolute atomic E-state index is 0.208. The summed E-state index contributed by atoms with van der Waals surface area (Å²) in [4.78, 5) is 36.8. The van der Waals surface area contributed by atoms with Crippen molar-refractivity contribution in [1.29, 1.82) is 0 Å². The van der Waals surface area contributed by atoms with Crippen molar-refractivity contribution >= 4 is 38.9 Å². The van der Waals surface area contributed by atoms with Crippen LogP contribution in [-0.2, 0) is 24.2 Å². The van der Waals surface area contributed by atoms with Crippen LogP contribution in [0.4, 0.5) is 11.4 Å². The molecule has 7 nitrogen and oxygen atoms in total. The summed E-state index contributed by atoms with van der Waals surface area (Å²) in [5.74, 6) is -1.35. The summed E-state index contributed by atoms with van der Waals surface area (Å²) in [5, 5.41) is 3.37. The van der Waals surface area contributed by atoms with Gasteiger partial charge in [-0.1, -0.05) is 12.6 Å². The van der Waals surface area contributed by atoms with E-state index >= 15 is 0 Å². The van der Waals surface area contributed by atoms with Crippen molar-refractivity contribution in [3.63, 3.8) is 0 Å². The molecule has 0 atom stereocenters. The van der Waals surface area contributed by atoms with Gasteiger partial charge >= 0.3 is 0 Å². The molecule has 0 bridgehead atoms. The van der Waals surface area contributed by atoms with Crippen LogP contribution in [0.5, 0.6) is 0 Å². The molecule has 1 aliphatic rings. The molecule has 1 aromatic rings. The molecular formula is C16H18N2O5S. The minimum Gasteiger partial charge on any atom is -0.326 e. The van der Waals surface area contributed by atoms with Gasteiger partial charge in [-0.05, 0) is 24.6 Å². The van der Waals surface area contributed by atoms with Gasteiger partial charge in [0.25, 0.3) is 0 Å². The van der Waals surface area contributed by atoms with Crippen LogP contribution in [-0.4, -0.2) is 31.9 Å². The number of anilines is 2. The molecule has 1 N–H and O–H groups in total. The van der Waals surface area contributed by atoms with E-state index in [1.807, 2.05) is 0 Å². The molecule has 0 aliphatic carbocycles. The second-order valence-corrected chi connectivity index (χ2v) is 7.43. The van der Waals surface area contributed by atoms with Gasteiger partial charge in [0.1, 0.15) is 0 Å². The summed E-state index contributed by atoms with van der Waals surface area (Å²) in [6, 6.07) is 6.34. The van der Waals surface area contributed by atoms with Gasteiger partial charge in [-0.3, -0.25) is 19.3 Å². The third-order valence-corrected chi connectivity index (χ3v) is 4.82. The van der Waals surface area contributed by atoms with Crippen molar-refractivity contribution in [1.82, 2.24) is 0 Å². The van der Waals surface area contributed by atoms with E-state index in [0.29, 0.717) is 30.6 Å². The number of carbonyl (C=O) groups excluding carboxylic acids is 3. The first-order valence-corrected chi connectivity index (χ1v) is 9.15. The molecule has 1 saturated heterocycles. The zero-order valence-electron chi connectivity index (χ0n) is 13.0. The molecule has 0 spiro atoms. The third-order valence-electron chi connectivity index (χ3n) is 3.54. The van der Waals surface area contributed by atoms with E-state index < -0.39 is 15.7 Å². The Hall–Kier alpha value is -2.48. The Morgan fingerprint density at radius 2 is 1.92 bits per heavy atom. The van der Waals surface area contributed by atoms with E-state index in [9.17, 15) is 22.8 Å². The fraction of sp³-hybridized carbons (Fsp3) is 0.312. The van der Waals surface area contributed by atoms with Crippen molar-refractivity contribution in [2.24, 2.45) is 0 Å². The van der Waals surface area contributed by atoms with E-state index in [1.165, 1.54) is 6.07 Å². The van der Waals surface area contributed by atoms with Crippen molar-refractivity contribution in [3.05, 3.63) is 36.3 Å². The van der Waals surface area contributed by atoms with Gasteiger partial charge in [0, 0.05) is 30.4 Å². The zero-order chi connectivity index (χ0) is 17.7. The number of benzene rings is 1. The number of sulfone groups is 1. The lowest BCUT2D eigenvalue weighted by Gasteiger charge is -2.25. The van der Waals surface area contributed by atoms with Crippen LogP contribution in [0.15, 0.2) is 36.3 Å². The molecule has 0 unspecified atom stereocenters. The maximum atomic E-state index is 11.9. The molecule has 1 aliphatic heterocycles. The predicted molar refractivity (Wildman–Crippen MR) is 90.0 cm³/mol. The Bertz CT molecular complexity index is 769. The lowest BCUT2D eigenvalue weighted by atomic mass is 10.1. The number of carbonyl (C=O) groups is 3. The van der Waals surface area contributed by atoms with E-state index in [4.69, 9.17) is 0 Å². The van der Waals surface area contributed by atoms with Gasteiger partial charge in [0.05, 0.1) is 11.4 Å². The van der Waals surface area contributed by atoms with E-state index in [-0.39, 0.29) is 24.0 Å². The first kappa shape index (κ1) is 17.9. The first-order valence-electron chi connectivity index (χ1n) is 7.43. The Balaban J connectivity index is 2.07. The van der Waals surface area contributed by atoms with Crippen LogP contribution in [0, 0.1) is 0 Å². The molecule has 24 heavy (non-hydrogen) atoms. The fourth-order valence-corrected chi connectivity index (χ4v) is 2.94. The summed E-state index contributed by atoms with van der Waals surface area (Å²) >= 11 is 0. The van der Waals surface area contributed by atoms with Gasteiger partial charge in [-0.25, -0.2) is 8.42 Å². The molecule has 1 aromatic carbocycles. The summed E-state index contributed by atoms with van der Waals surface area (Å²) in [5.41, 5.74) is 0.779. The molecule has 1 heterocycles. The number of rotatable bonds is 6. The quantitative estimate of drug-likeness (QED) is 0.786. The molecule has 2 rings (SSSR count). The number of hydrogen-bond acceptors (Lipinski definition) is 5. The smallest absolute Gasteiger partial charge is 0.233 e. The number of amides is 3. The van der Waals surface area contributed by atoms with E-state index in [1.54, 1.807) is 18.2 Å². The molecule has 0 radical (unpaired) electrons. The highest BCUT2D eigenvalue weighted by atomic mass is 32.2. The SMILES string of the molecule is C=CS(=O)(=O)CCC(=O)Nc1cccc(N2C(=O)CCCC2=O)c1. The second-order valence-electron chi connectivity index (χ2n) is 5.36. The molecule has 3 amide bonds. The average molecular weight is 350 g/mol. The number of nitrogens with one attached hydrogen (secondary N) is 1. The van der Waals surface area contributed by atoms with Crippen molar-refractivity contribution in [3.8, 4) is 0 Å². The maximum Gasteiger partial charge on any atom is 0.233 e. The highest BCUT2D eigenvalue weighted by molar-refractivity contribution is 7.94. The van der Waals surface area contributed by atoms with Crippen LogP contribution in [0.2, 0.25) is 0 Å². The summed E-state index contributed by atoms with van der Waals surface area (Å²) in [6.45, 7) is 3.18. The minimum atomic E-state index is -3.44. The normalized spacial score (nSPS) is 15.2.